The zero-order chi connectivity index (χ0) is 20.1. The first-order valence-electron chi connectivity index (χ1n) is 9.63. The maximum Gasteiger partial charge on any atom is 0.194 e. The minimum absolute atomic E-state index is 0. The molecule has 3 rings (SSSR count). The molecule has 2 aromatic rings. The van der Waals surface area contributed by atoms with Crippen molar-refractivity contribution in [3.8, 4) is 0 Å². The van der Waals surface area contributed by atoms with Crippen LogP contribution in [0.25, 0.3) is 0 Å². The lowest BCUT2D eigenvalue weighted by Gasteiger charge is -2.37. The Kier molecular flexibility index (Phi) is 8.66. The largest absolute Gasteiger partial charge is 0.366 e. The maximum atomic E-state index is 14.0. The number of hydrogen-bond donors (Lipinski definition) is 1. The normalized spacial score (nSPS) is 14.9. The summed E-state index contributed by atoms with van der Waals surface area (Å²) >= 11 is 0. The Morgan fingerprint density at radius 1 is 1.21 bits per heavy atom. The molecule has 1 N–H and O–H groups in total. The fourth-order valence-electron chi connectivity index (χ4n) is 3.44. The number of rotatable bonds is 5. The Morgan fingerprint density at radius 3 is 2.59 bits per heavy atom. The quantitative estimate of drug-likeness (QED) is 0.375. The highest BCUT2D eigenvalue weighted by atomic mass is 127. The number of benzene rings is 1. The molecule has 1 saturated heterocycles. The van der Waals surface area contributed by atoms with E-state index in [0.29, 0.717) is 44.3 Å². The molecule has 0 saturated carbocycles. The zero-order valence-corrected chi connectivity index (χ0v) is 19.4. The molecule has 1 aliphatic heterocycles. The number of nitrogens with zero attached hydrogens (tertiary/aromatic N) is 5. The van der Waals surface area contributed by atoms with E-state index >= 15 is 0 Å². The van der Waals surface area contributed by atoms with E-state index in [4.69, 9.17) is 0 Å². The van der Waals surface area contributed by atoms with E-state index in [-0.39, 0.29) is 24.0 Å². The number of aliphatic imine (C=N–C) groups is 1. The van der Waals surface area contributed by atoms with E-state index in [9.17, 15) is 8.78 Å². The summed E-state index contributed by atoms with van der Waals surface area (Å²) in [6, 6.07) is 3.58. The lowest BCUT2D eigenvalue weighted by molar-refractivity contribution is 0.369. The third-order valence-electron chi connectivity index (χ3n) is 4.81. The molecule has 0 unspecified atom stereocenters. The monoisotopic (exact) mass is 518 g/mol. The molecule has 0 atom stereocenters. The molecule has 9 heteroatoms. The molecule has 29 heavy (non-hydrogen) atoms. The third kappa shape index (κ3) is 6.03. The van der Waals surface area contributed by atoms with E-state index in [0.717, 1.165) is 24.4 Å². The van der Waals surface area contributed by atoms with Gasteiger partial charge in [0.25, 0.3) is 0 Å². The van der Waals surface area contributed by atoms with Crippen LogP contribution in [0.1, 0.15) is 19.7 Å². The fraction of sp³-hybridized carbons (Fsp3) is 0.500. The van der Waals surface area contributed by atoms with Gasteiger partial charge in [-0.15, -0.1) is 24.0 Å². The fourth-order valence-corrected chi connectivity index (χ4v) is 3.44. The average molecular weight is 518 g/mol. The van der Waals surface area contributed by atoms with Crippen molar-refractivity contribution in [1.82, 2.24) is 19.8 Å². The second kappa shape index (κ2) is 10.7. The number of hydrogen-bond acceptors (Lipinski definition) is 3. The molecule has 1 aromatic carbocycles. The van der Waals surface area contributed by atoms with Gasteiger partial charge in [0.05, 0.1) is 12.2 Å². The van der Waals surface area contributed by atoms with Crippen molar-refractivity contribution >= 4 is 35.6 Å². The summed E-state index contributed by atoms with van der Waals surface area (Å²) in [4.78, 5) is 12.8. The highest BCUT2D eigenvalue weighted by Gasteiger charge is 2.22. The second-order valence-electron chi connectivity index (χ2n) is 7.36. The molecule has 1 aliphatic rings. The van der Waals surface area contributed by atoms with Crippen molar-refractivity contribution in [2.24, 2.45) is 10.9 Å². The van der Waals surface area contributed by atoms with Crippen LogP contribution in [-0.2, 0) is 13.1 Å². The minimum atomic E-state index is -0.423. The van der Waals surface area contributed by atoms with E-state index in [1.54, 1.807) is 7.05 Å². The number of anilines is 1. The van der Waals surface area contributed by atoms with Gasteiger partial charge in [0.1, 0.15) is 17.5 Å². The molecule has 0 spiro atoms. The van der Waals surface area contributed by atoms with Crippen molar-refractivity contribution in [3.63, 3.8) is 0 Å². The molecular weight excluding hydrogens is 489 g/mol. The summed E-state index contributed by atoms with van der Waals surface area (Å²) in [6.45, 7) is 8.42. The molecule has 2 heterocycles. The van der Waals surface area contributed by atoms with Crippen molar-refractivity contribution < 1.29 is 8.78 Å². The van der Waals surface area contributed by atoms with Crippen LogP contribution in [0.4, 0.5) is 14.5 Å². The van der Waals surface area contributed by atoms with Crippen LogP contribution in [-0.4, -0.2) is 53.6 Å². The van der Waals surface area contributed by atoms with Gasteiger partial charge >= 0.3 is 0 Å². The van der Waals surface area contributed by atoms with Gasteiger partial charge in [-0.3, -0.25) is 4.99 Å². The van der Waals surface area contributed by atoms with Crippen molar-refractivity contribution in [2.75, 3.05) is 38.1 Å². The number of halogens is 3. The highest BCUT2D eigenvalue weighted by Crippen LogP contribution is 2.22. The Balaban J connectivity index is 0.00000300. The van der Waals surface area contributed by atoms with Crippen LogP contribution in [0.15, 0.2) is 35.6 Å². The van der Waals surface area contributed by atoms with Crippen LogP contribution in [0.3, 0.4) is 0 Å². The number of guanidine groups is 1. The number of nitrogens with one attached hydrogen (secondary N) is 1. The Morgan fingerprint density at radius 2 is 1.93 bits per heavy atom. The molecule has 0 bridgehead atoms. The van der Waals surface area contributed by atoms with Gasteiger partial charge < -0.3 is 19.7 Å². The van der Waals surface area contributed by atoms with Crippen LogP contribution >= 0.6 is 24.0 Å². The third-order valence-corrected chi connectivity index (χ3v) is 4.81. The number of piperazine rings is 1. The Labute approximate surface area is 188 Å². The van der Waals surface area contributed by atoms with E-state index in [2.05, 4.69) is 38.6 Å². The summed E-state index contributed by atoms with van der Waals surface area (Å²) in [6.07, 6.45) is 3.81. The molecule has 0 amide bonds. The lowest BCUT2D eigenvalue weighted by atomic mass is 10.2. The van der Waals surface area contributed by atoms with E-state index < -0.39 is 11.6 Å². The predicted octanol–water partition coefficient (Wildman–Crippen LogP) is 3.33. The molecular formula is C20H29F2IN6. The van der Waals surface area contributed by atoms with Crippen LogP contribution in [0, 0.1) is 17.6 Å². The van der Waals surface area contributed by atoms with Crippen molar-refractivity contribution in [3.05, 3.63) is 48.1 Å². The smallest absolute Gasteiger partial charge is 0.194 e. The van der Waals surface area contributed by atoms with Gasteiger partial charge in [-0.1, -0.05) is 13.8 Å². The summed E-state index contributed by atoms with van der Waals surface area (Å²) < 4.78 is 29.6. The second-order valence-corrected chi connectivity index (χ2v) is 7.36. The zero-order valence-electron chi connectivity index (χ0n) is 17.1. The first-order valence-corrected chi connectivity index (χ1v) is 9.63. The molecule has 0 radical (unpaired) electrons. The average Bonchev–Trinajstić information content (AvgIpc) is 3.11. The molecule has 0 aliphatic carbocycles. The van der Waals surface area contributed by atoms with E-state index in [1.165, 1.54) is 12.1 Å². The Bertz CT molecular complexity index is 815. The van der Waals surface area contributed by atoms with Crippen LogP contribution < -0.4 is 10.2 Å². The summed E-state index contributed by atoms with van der Waals surface area (Å²) in [7, 11) is 1.75. The first-order chi connectivity index (χ1) is 13.5. The van der Waals surface area contributed by atoms with Gasteiger partial charge in [-0.05, 0) is 18.1 Å². The van der Waals surface area contributed by atoms with Gasteiger partial charge in [0, 0.05) is 58.2 Å². The molecule has 160 valence electrons. The number of aromatic nitrogens is 2. The molecule has 1 fully saturated rings. The van der Waals surface area contributed by atoms with Crippen molar-refractivity contribution in [1.29, 1.82) is 0 Å². The first kappa shape index (κ1) is 23.4. The van der Waals surface area contributed by atoms with Gasteiger partial charge in [-0.25, -0.2) is 13.8 Å². The van der Waals surface area contributed by atoms with Crippen LogP contribution in [0.5, 0.6) is 0 Å². The standard InChI is InChI=1S/C20H28F2N6.HI/c1-15(2)14-28-7-6-24-19(28)13-25-20(23-3)27-10-8-26(9-11-27)18-12-16(21)4-5-17(18)22;/h4-7,12,15H,8-11,13-14H2,1-3H3,(H,23,25);1H. The predicted molar refractivity (Wildman–Crippen MR) is 123 cm³/mol. The summed E-state index contributed by atoms with van der Waals surface area (Å²) in [5.74, 6) is 1.49. The Hall–Kier alpha value is -1.91. The van der Waals surface area contributed by atoms with E-state index in [1.807, 2.05) is 17.3 Å². The summed E-state index contributed by atoms with van der Waals surface area (Å²) in [5, 5.41) is 3.37. The SMILES string of the molecule is CN=C(NCc1nccn1CC(C)C)N1CCN(c2cc(F)ccc2F)CC1.I. The van der Waals surface area contributed by atoms with Crippen molar-refractivity contribution in [2.45, 2.75) is 26.9 Å². The molecule has 1 aromatic heterocycles. The van der Waals surface area contributed by atoms with Gasteiger partial charge in [0.2, 0.25) is 0 Å². The maximum absolute atomic E-state index is 14.0. The van der Waals surface area contributed by atoms with Gasteiger partial charge in [0.15, 0.2) is 5.96 Å². The number of imidazole rings is 1. The lowest BCUT2D eigenvalue weighted by Crippen LogP contribution is -2.52. The summed E-state index contributed by atoms with van der Waals surface area (Å²) in [5.41, 5.74) is 0.318. The molecule has 6 nitrogen and oxygen atoms in total. The highest BCUT2D eigenvalue weighted by molar-refractivity contribution is 14.0. The van der Waals surface area contributed by atoms with Crippen LogP contribution in [0.2, 0.25) is 0 Å². The topological polar surface area (TPSA) is 48.7 Å². The van der Waals surface area contributed by atoms with Gasteiger partial charge in [-0.2, -0.15) is 0 Å². The minimum Gasteiger partial charge on any atom is -0.366 e.